The van der Waals surface area contributed by atoms with Gasteiger partial charge in [0.1, 0.15) is 23.9 Å². The van der Waals surface area contributed by atoms with Gasteiger partial charge in [-0.15, -0.1) is 0 Å². The molecule has 33 heavy (non-hydrogen) atoms. The van der Waals surface area contributed by atoms with Gasteiger partial charge in [-0.25, -0.2) is 13.8 Å². The zero-order chi connectivity index (χ0) is 22.7. The molecule has 4 aromatic rings. The van der Waals surface area contributed by atoms with E-state index >= 15 is 0 Å². The zero-order valence-corrected chi connectivity index (χ0v) is 17.5. The number of hydrogen-bond acceptors (Lipinski definition) is 4. The number of Topliss-reactive ketones (excluding diaryl/α,β-unsaturated/α-hetero) is 1. The molecule has 0 unspecified atom stereocenters. The smallest absolute Gasteiger partial charge is 0.181 e. The van der Waals surface area contributed by atoms with E-state index in [1.807, 2.05) is 30.3 Å². The summed E-state index contributed by atoms with van der Waals surface area (Å²) in [7, 11) is 0. The largest absolute Gasteiger partial charge is 0.485 e. The predicted octanol–water partition coefficient (Wildman–Crippen LogP) is 5.83. The summed E-state index contributed by atoms with van der Waals surface area (Å²) in [4.78, 5) is 17.4. The second-order valence-corrected chi connectivity index (χ2v) is 7.49. The van der Waals surface area contributed by atoms with Crippen LogP contribution in [0.25, 0.3) is 5.65 Å². The van der Waals surface area contributed by atoms with Crippen molar-refractivity contribution in [1.29, 1.82) is 0 Å². The number of carbonyl (C=O) groups excluding carboxylic acids is 1. The van der Waals surface area contributed by atoms with Crippen LogP contribution in [0.15, 0.2) is 66.9 Å². The fourth-order valence-corrected chi connectivity index (χ4v) is 3.65. The van der Waals surface area contributed by atoms with Crippen LogP contribution in [0.3, 0.4) is 0 Å². The standard InChI is InChI=1S/C25H22F2N2O3.CH4/c1-16-24(22(31)13-12-21(30)17-7-3-2-4-8-17)29-14-6-11-23(25(29)28-16)32-15-18-19(26)9-5-10-20(18)27;/h2-11,14,21,30H,12-13,15H2,1H3;1H4/t21-;/m1./s1. The molecule has 0 aliphatic carbocycles. The number of imidazole rings is 1. The van der Waals surface area contributed by atoms with Gasteiger partial charge in [0.05, 0.1) is 17.4 Å². The molecule has 2 aromatic carbocycles. The highest BCUT2D eigenvalue weighted by atomic mass is 19.1. The number of aryl methyl sites for hydroxylation is 1. The Balaban J connectivity index is 0.00000306. The molecule has 7 heteroatoms. The highest BCUT2D eigenvalue weighted by Crippen LogP contribution is 2.26. The first-order chi connectivity index (χ1) is 15.5. The molecule has 0 saturated heterocycles. The highest BCUT2D eigenvalue weighted by molar-refractivity contribution is 5.96. The van der Waals surface area contributed by atoms with Crippen LogP contribution < -0.4 is 4.74 Å². The summed E-state index contributed by atoms with van der Waals surface area (Å²) in [6.07, 6.45) is 1.36. The average molecular weight is 453 g/mol. The van der Waals surface area contributed by atoms with E-state index in [0.717, 1.165) is 5.56 Å². The van der Waals surface area contributed by atoms with Gasteiger partial charge in [-0.1, -0.05) is 43.8 Å². The quantitative estimate of drug-likeness (QED) is 0.342. The van der Waals surface area contributed by atoms with E-state index in [4.69, 9.17) is 4.74 Å². The average Bonchev–Trinajstić information content (AvgIpc) is 3.14. The minimum Gasteiger partial charge on any atom is -0.485 e. The molecular formula is C26H26F2N2O3. The lowest BCUT2D eigenvalue weighted by atomic mass is 10.0. The van der Waals surface area contributed by atoms with Gasteiger partial charge in [-0.2, -0.15) is 0 Å². The SMILES string of the molecule is C.Cc1nc2c(OCc3c(F)cccc3F)cccn2c1C(=O)CC[C@@H](O)c1ccccc1. The molecule has 172 valence electrons. The van der Waals surface area contributed by atoms with E-state index in [1.54, 1.807) is 29.7 Å². The maximum absolute atomic E-state index is 13.9. The number of carbonyl (C=O) groups is 1. The van der Waals surface area contributed by atoms with Crippen molar-refractivity contribution in [2.75, 3.05) is 0 Å². The van der Waals surface area contributed by atoms with Gasteiger partial charge in [0, 0.05) is 12.6 Å². The zero-order valence-electron chi connectivity index (χ0n) is 17.5. The van der Waals surface area contributed by atoms with Crippen LogP contribution in [-0.4, -0.2) is 20.3 Å². The predicted molar refractivity (Wildman–Crippen MR) is 122 cm³/mol. The molecule has 1 N–H and O–H groups in total. The van der Waals surface area contributed by atoms with Gasteiger partial charge in [0.25, 0.3) is 0 Å². The van der Waals surface area contributed by atoms with E-state index in [1.165, 1.54) is 18.2 Å². The van der Waals surface area contributed by atoms with Crippen LogP contribution in [0.5, 0.6) is 5.75 Å². The van der Waals surface area contributed by atoms with Crippen molar-refractivity contribution in [1.82, 2.24) is 9.38 Å². The molecule has 0 saturated carbocycles. The highest BCUT2D eigenvalue weighted by Gasteiger charge is 2.20. The van der Waals surface area contributed by atoms with Crippen molar-refractivity contribution in [2.24, 2.45) is 0 Å². The van der Waals surface area contributed by atoms with Gasteiger partial charge >= 0.3 is 0 Å². The Morgan fingerprint density at radius 1 is 1.06 bits per heavy atom. The number of ketones is 1. The summed E-state index contributed by atoms with van der Waals surface area (Å²) < 4.78 is 35.1. The third kappa shape index (κ3) is 5.09. The molecule has 0 spiro atoms. The number of pyridine rings is 1. The summed E-state index contributed by atoms with van der Waals surface area (Å²) in [6.45, 7) is 1.41. The molecule has 1 atom stereocenters. The van der Waals surface area contributed by atoms with Crippen molar-refractivity contribution in [3.05, 3.63) is 101 Å². The third-order valence-corrected chi connectivity index (χ3v) is 5.32. The van der Waals surface area contributed by atoms with Crippen LogP contribution in [0.4, 0.5) is 8.78 Å². The normalized spacial score (nSPS) is 11.8. The molecule has 2 heterocycles. The lowest BCUT2D eigenvalue weighted by molar-refractivity contribution is 0.0934. The fraction of sp³-hybridized carbons (Fsp3) is 0.231. The first-order valence-electron chi connectivity index (χ1n) is 10.2. The summed E-state index contributed by atoms with van der Waals surface area (Å²) >= 11 is 0. The van der Waals surface area contributed by atoms with Crippen LogP contribution in [0.2, 0.25) is 0 Å². The van der Waals surface area contributed by atoms with E-state index in [2.05, 4.69) is 4.98 Å². The van der Waals surface area contributed by atoms with Crippen LogP contribution in [-0.2, 0) is 6.61 Å². The van der Waals surface area contributed by atoms with E-state index in [0.29, 0.717) is 22.8 Å². The van der Waals surface area contributed by atoms with Gasteiger partial charge in [0.2, 0.25) is 0 Å². The van der Waals surface area contributed by atoms with Crippen molar-refractivity contribution in [2.45, 2.75) is 39.9 Å². The summed E-state index contributed by atoms with van der Waals surface area (Å²) in [5.74, 6) is -1.24. The van der Waals surface area contributed by atoms with Crippen LogP contribution in [0, 0.1) is 18.6 Å². The van der Waals surface area contributed by atoms with Crippen molar-refractivity contribution in [3.63, 3.8) is 0 Å². The molecule has 5 nitrogen and oxygen atoms in total. The molecule has 0 bridgehead atoms. The Morgan fingerprint density at radius 2 is 1.76 bits per heavy atom. The number of halogens is 2. The van der Waals surface area contributed by atoms with Crippen molar-refractivity contribution >= 4 is 11.4 Å². The number of nitrogens with zero attached hydrogens (tertiary/aromatic N) is 2. The van der Waals surface area contributed by atoms with Gasteiger partial charge in [0.15, 0.2) is 17.2 Å². The number of ether oxygens (including phenoxy) is 1. The Morgan fingerprint density at radius 3 is 2.45 bits per heavy atom. The minimum atomic E-state index is -0.741. The third-order valence-electron chi connectivity index (χ3n) is 5.32. The second kappa shape index (κ2) is 10.4. The van der Waals surface area contributed by atoms with Crippen molar-refractivity contribution < 1.29 is 23.4 Å². The van der Waals surface area contributed by atoms with E-state index in [-0.39, 0.29) is 38.2 Å². The van der Waals surface area contributed by atoms with Crippen LogP contribution in [0.1, 0.15) is 53.7 Å². The van der Waals surface area contributed by atoms with Gasteiger partial charge < -0.3 is 9.84 Å². The number of benzene rings is 2. The Labute approximate surface area is 191 Å². The Kier molecular flexibility index (Phi) is 7.55. The number of aliphatic hydroxyl groups excluding tert-OH is 1. The maximum Gasteiger partial charge on any atom is 0.181 e. The molecule has 0 aliphatic rings. The topological polar surface area (TPSA) is 63.8 Å². The molecule has 0 fully saturated rings. The lowest BCUT2D eigenvalue weighted by Gasteiger charge is -2.11. The number of rotatable bonds is 8. The van der Waals surface area contributed by atoms with Crippen molar-refractivity contribution in [3.8, 4) is 5.75 Å². The number of fused-ring (bicyclic) bond motifs is 1. The lowest BCUT2D eigenvalue weighted by Crippen LogP contribution is -2.08. The van der Waals surface area contributed by atoms with Gasteiger partial charge in [-0.05, 0) is 43.2 Å². The van der Waals surface area contributed by atoms with E-state index < -0.39 is 17.7 Å². The molecule has 0 amide bonds. The molecule has 2 aromatic heterocycles. The van der Waals surface area contributed by atoms with Gasteiger partial charge in [-0.3, -0.25) is 9.20 Å². The maximum atomic E-state index is 13.9. The summed E-state index contributed by atoms with van der Waals surface area (Å²) in [5, 5.41) is 10.4. The summed E-state index contributed by atoms with van der Waals surface area (Å²) in [6, 6.07) is 16.1. The Bertz CT molecular complexity index is 1240. The number of aliphatic hydroxyl groups is 1. The molecule has 0 radical (unpaired) electrons. The first kappa shape index (κ1) is 24.1. The first-order valence-corrected chi connectivity index (χ1v) is 10.2. The van der Waals surface area contributed by atoms with Crippen LogP contribution >= 0.6 is 0 Å². The number of hydrogen-bond donors (Lipinski definition) is 1. The molecule has 4 rings (SSSR count). The summed E-state index contributed by atoms with van der Waals surface area (Å²) in [5.41, 5.74) is 1.86. The Hall–Kier alpha value is -3.58. The van der Waals surface area contributed by atoms with E-state index in [9.17, 15) is 18.7 Å². The second-order valence-electron chi connectivity index (χ2n) is 7.49. The molecule has 0 aliphatic heterocycles. The fourth-order valence-electron chi connectivity index (χ4n) is 3.65. The molecular weight excluding hydrogens is 426 g/mol. The minimum absolute atomic E-state index is 0. The monoisotopic (exact) mass is 452 g/mol. The number of aromatic nitrogens is 2.